The zero-order valence-corrected chi connectivity index (χ0v) is 11.2. The summed E-state index contributed by atoms with van der Waals surface area (Å²) in [6.45, 7) is 2.44. The average Bonchev–Trinajstić information content (AvgIpc) is 2.99. The molecule has 0 atom stereocenters. The first kappa shape index (κ1) is 12.8. The minimum atomic E-state index is 0.549. The molecule has 0 amide bonds. The van der Waals surface area contributed by atoms with E-state index in [2.05, 4.69) is 10.5 Å². The molecule has 1 aliphatic heterocycles. The van der Waals surface area contributed by atoms with E-state index in [9.17, 15) is 0 Å². The Morgan fingerprint density at radius 3 is 2.95 bits per heavy atom. The first-order valence-electron chi connectivity index (χ1n) is 6.43. The van der Waals surface area contributed by atoms with Crippen molar-refractivity contribution in [3.63, 3.8) is 0 Å². The fraction of sp³-hybridized carbons (Fsp3) is 0.357. The second-order valence-corrected chi connectivity index (χ2v) is 4.42. The van der Waals surface area contributed by atoms with Crippen molar-refractivity contribution in [1.82, 2.24) is 10.5 Å². The topological polar surface area (TPSA) is 65.8 Å². The maximum atomic E-state index is 5.60. The Morgan fingerprint density at radius 2 is 2.15 bits per heavy atom. The first-order valence-corrected chi connectivity index (χ1v) is 6.43. The minimum absolute atomic E-state index is 0.549. The van der Waals surface area contributed by atoms with Crippen molar-refractivity contribution in [2.75, 3.05) is 20.3 Å². The van der Waals surface area contributed by atoms with Crippen LogP contribution in [0.1, 0.15) is 11.3 Å². The Balaban J connectivity index is 1.69. The Labute approximate surface area is 116 Å². The number of hydrogen-bond acceptors (Lipinski definition) is 6. The molecule has 0 spiro atoms. The normalized spacial score (nSPS) is 13.2. The van der Waals surface area contributed by atoms with Gasteiger partial charge in [0, 0.05) is 19.2 Å². The summed E-state index contributed by atoms with van der Waals surface area (Å²) in [5, 5.41) is 7.13. The van der Waals surface area contributed by atoms with Crippen LogP contribution in [0.3, 0.4) is 0 Å². The molecule has 0 saturated carbocycles. The SMILES string of the molecule is COc1cc(CNCc2ccon2)cc2c1OCCO2. The molecular formula is C14H16N2O4. The molecule has 0 fully saturated rings. The number of hydrogen-bond donors (Lipinski definition) is 1. The summed E-state index contributed by atoms with van der Waals surface area (Å²) in [5.74, 6) is 2.10. The third-order valence-corrected chi connectivity index (χ3v) is 3.01. The van der Waals surface area contributed by atoms with Crippen LogP contribution >= 0.6 is 0 Å². The molecule has 3 rings (SSSR count). The zero-order chi connectivity index (χ0) is 13.8. The maximum absolute atomic E-state index is 5.60. The monoisotopic (exact) mass is 276 g/mol. The number of nitrogens with one attached hydrogen (secondary N) is 1. The van der Waals surface area contributed by atoms with Gasteiger partial charge in [0.15, 0.2) is 11.5 Å². The maximum Gasteiger partial charge on any atom is 0.203 e. The number of methoxy groups -OCH3 is 1. The van der Waals surface area contributed by atoms with Crippen LogP contribution in [0.4, 0.5) is 0 Å². The van der Waals surface area contributed by atoms with E-state index in [0.29, 0.717) is 37.8 Å². The van der Waals surface area contributed by atoms with Crippen molar-refractivity contribution >= 4 is 0 Å². The predicted molar refractivity (Wildman–Crippen MR) is 71.0 cm³/mol. The lowest BCUT2D eigenvalue weighted by Gasteiger charge is -2.21. The van der Waals surface area contributed by atoms with Gasteiger partial charge < -0.3 is 24.1 Å². The molecule has 6 heteroatoms. The number of ether oxygens (including phenoxy) is 3. The molecule has 20 heavy (non-hydrogen) atoms. The molecule has 1 aromatic heterocycles. The summed E-state index contributed by atoms with van der Waals surface area (Å²) in [6, 6.07) is 5.74. The summed E-state index contributed by atoms with van der Waals surface area (Å²) < 4.78 is 21.3. The van der Waals surface area contributed by atoms with Crippen molar-refractivity contribution < 1.29 is 18.7 Å². The highest BCUT2D eigenvalue weighted by Gasteiger charge is 2.18. The van der Waals surface area contributed by atoms with Crippen molar-refractivity contribution in [1.29, 1.82) is 0 Å². The molecule has 6 nitrogen and oxygen atoms in total. The number of benzene rings is 1. The van der Waals surface area contributed by atoms with Crippen molar-refractivity contribution in [3.8, 4) is 17.2 Å². The quantitative estimate of drug-likeness (QED) is 0.897. The van der Waals surface area contributed by atoms with Gasteiger partial charge in [0.05, 0.1) is 12.8 Å². The Kier molecular flexibility index (Phi) is 3.73. The van der Waals surface area contributed by atoms with Gasteiger partial charge in [0.25, 0.3) is 0 Å². The number of rotatable bonds is 5. The van der Waals surface area contributed by atoms with Gasteiger partial charge in [0.1, 0.15) is 19.5 Å². The van der Waals surface area contributed by atoms with E-state index in [4.69, 9.17) is 18.7 Å². The third-order valence-electron chi connectivity index (χ3n) is 3.01. The molecular weight excluding hydrogens is 260 g/mol. The smallest absolute Gasteiger partial charge is 0.203 e. The molecule has 1 N–H and O–H groups in total. The van der Waals surface area contributed by atoms with Crippen molar-refractivity contribution in [2.24, 2.45) is 0 Å². The lowest BCUT2D eigenvalue weighted by molar-refractivity contribution is 0.165. The van der Waals surface area contributed by atoms with Gasteiger partial charge in [-0.1, -0.05) is 5.16 Å². The van der Waals surface area contributed by atoms with Crippen LogP contribution in [0.2, 0.25) is 0 Å². The van der Waals surface area contributed by atoms with E-state index >= 15 is 0 Å². The van der Waals surface area contributed by atoms with Crippen LogP contribution in [-0.4, -0.2) is 25.5 Å². The molecule has 0 unspecified atom stereocenters. The Hall–Kier alpha value is -2.21. The van der Waals surface area contributed by atoms with E-state index in [1.807, 2.05) is 18.2 Å². The van der Waals surface area contributed by atoms with Crippen LogP contribution in [0, 0.1) is 0 Å². The van der Waals surface area contributed by atoms with E-state index in [1.165, 1.54) is 0 Å². The van der Waals surface area contributed by atoms with Crippen molar-refractivity contribution in [2.45, 2.75) is 13.1 Å². The van der Waals surface area contributed by atoms with E-state index in [0.717, 1.165) is 17.0 Å². The summed E-state index contributed by atoms with van der Waals surface area (Å²) in [6.07, 6.45) is 1.56. The molecule has 0 radical (unpaired) electrons. The highest BCUT2D eigenvalue weighted by atomic mass is 16.6. The second kappa shape index (κ2) is 5.83. The lowest BCUT2D eigenvalue weighted by atomic mass is 10.1. The fourth-order valence-corrected chi connectivity index (χ4v) is 2.09. The van der Waals surface area contributed by atoms with Crippen molar-refractivity contribution in [3.05, 3.63) is 35.7 Å². The van der Waals surface area contributed by atoms with Gasteiger partial charge >= 0.3 is 0 Å². The molecule has 1 aliphatic rings. The third kappa shape index (κ3) is 2.70. The van der Waals surface area contributed by atoms with Crippen LogP contribution < -0.4 is 19.5 Å². The molecule has 2 heterocycles. The summed E-state index contributed by atoms with van der Waals surface area (Å²) >= 11 is 0. The van der Waals surface area contributed by atoms with Gasteiger partial charge in [-0.15, -0.1) is 0 Å². The average molecular weight is 276 g/mol. The van der Waals surface area contributed by atoms with Gasteiger partial charge in [-0.05, 0) is 17.7 Å². The van der Waals surface area contributed by atoms with E-state index in [-0.39, 0.29) is 0 Å². The Bertz CT molecular complexity index is 552. The molecule has 0 bridgehead atoms. The second-order valence-electron chi connectivity index (χ2n) is 4.42. The van der Waals surface area contributed by atoms with Gasteiger partial charge in [-0.25, -0.2) is 0 Å². The standard InChI is InChI=1S/C14H16N2O4/c1-17-12-6-10(7-13-14(12)19-5-4-18-13)8-15-9-11-2-3-20-16-11/h2-3,6-7,15H,4-5,8-9H2,1H3. The lowest BCUT2D eigenvalue weighted by Crippen LogP contribution is -2.17. The number of fused-ring (bicyclic) bond motifs is 1. The summed E-state index contributed by atoms with van der Waals surface area (Å²) in [4.78, 5) is 0. The van der Waals surface area contributed by atoms with Gasteiger partial charge in [0.2, 0.25) is 5.75 Å². The number of aromatic nitrogens is 1. The highest BCUT2D eigenvalue weighted by molar-refractivity contribution is 5.54. The van der Waals surface area contributed by atoms with E-state index < -0.39 is 0 Å². The van der Waals surface area contributed by atoms with Crippen LogP contribution in [0.5, 0.6) is 17.2 Å². The molecule has 0 aliphatic carbocycles. The molecule has 106 valence electrons. The largest absolute Gasteiger partial charge is 0.493 e. The summed E-state index contributed by atoms with van der Waals surface area (Å²) in [7, 11) is 1.63. The van der Waals surface area contributed by atoms with Crippen LogP contribution in [-0.2, 0) is 13.1 Å². The predicted octanol–water partition coefficient (Wildman–Crippen LogP) is 1.74. The van der Waals surface area contributed by atoms with Crippen LogP contribution in [0.25, 0.3) is 0 Å². The first-order chi connectivity index (χ1) is 9.86. The fourth-order valence-electron chi connectivity index (χ4n) is 2.09. The number of nitrogens with zero attached hydrogens (tertiary/aromatic N) is 1. The zero-order valence-electron chi connectivity index (χ0n) is 11.2. The minimum Gasteiger partial charge on any atom is -0.493 e. The van der Waals surface area contributed by atoms with Gasteiger partial charge in [-0.3, -0.25) is 0 Å². The summed E-state index contributed by atoms with van der Waals surface area (Å²) in [5.41, 5.74) is 1.93. The Morgan fingerprint density at radius 1 is 1.25 bits per heavy atom. The van der Waals surface area contributed by atoms with E-state index in [1.54, 1.807) is 13.4 Å². The molecule has 2 aromatic rings. The highest BCUT2D eigenvalue weighted by Crippen LogP contribution is 2.40. The van der Waals surface area contributed by atoms with Crippen LogP contribution in [0.15, 0.2) is 29.0 Å². The molecule has 0 saturated heterocycles. The van der Waals surface area contributed by atoms with Gasteiger partial charge in [-0.2, -0.15) is 0 Å². The molecule has 1 aromatic carbocycles.